The van der Waals surface area contributed by atoms with E-state index in [4.69, 9.17) is 0 Å². The number of benzene rings is 2. The van der Waals surface area contributed by atoms with Crippen LogP contribution in [0.1, 0.15) is 22.6 Å². The third-order valence-electron chi connectivity index (χ3n) is 4.34. The molecule has 2 aromatic carbocycles. The van der Waals surface area contributed by atoms with Crippen molar-refractivity contribution >= 4 is 21.4 Å². The minimum atomic E-state index is -0.0811. The molecule has 0 amide bonds. The Morgan fingerprint density at radius 3 is 2.81 bits per heavy atom. The fourth-order valence-corrected chi connectivity index (χ4v) is 4.34. The van der Waals surface area contributed by atoms with Gasteiger partial charge in [0.1, 0.15) is 5.82 Å². The molecule has 1 atom stereocenters. The Labute approximate surface area is 127 Å². The number of fused-ring (bicyclic) bond motifs is 2. The molecule has 0 saturated heterocycles. The summed E-state index contributed by atoms with van der Waals surface area (Å²) in [7, 11) is 2.07. The molecule has 0 bridgehead atoms. The van der Waals surface area contributed by atoms with Gasteiger partial charge in [0.05, 0.1) is 0 Å². The van der Waals surface area contributed by atoms with Crippen LogP contribution >= 0.6 is 11.3 Å². The number of rotatable bonds is 1. The number of nitrogens with zero attached hydrogens (tertiary/aromatic N) is 1. The molecule has 0 N–H and O–H groups in total. The van der Waals surface area contributed by atoms with Gasteiger partial charge < -0.3 is 4.90 Å². The fraction of sp³-hybridized carbons (Fsp3) is 0.222. The maximum Gasteiger partial charge on any atom is 0.127 e. The Kier molecular flexibility index (Phi) is 3.05. The monoisotopic (exact) mass is 297 g/mol. The van der Waals surface area contributed by atoms with Gasteiger partial charge in [-0.1, -0.05) is 30.3 Å². The van der Waals surface area contributed by atoms with E-state index in [1.165, 1.54) is 15.6 Å². The second-order valence-electron chi connectivity index (χ2n) is 5.74. The molecular weight excluding hydrogens is 281 g/mol. The lowest BCUT2D eigenvalue weighted by Crippen LogP contribution is -2.31. The van der Waals surface area contributed by atoms with Crippen molar-refractivity contribution in [3.63, 3.8) is 0 Å². The summed E-state index contributed by atoms with van der Waals surface area (Å²) in [5, 5.41) is 3.41. The van der Waals surface area contributed by atoms with Crippen molar-refractivity contribution in [3.8, 4) is 0 Å². The minimum Gasteiger partial charge on any atom is -0.301 e. The third kappa shape index (κ3) is 2.08. The highest BCUT2D eigenvalue weighted by Gasteiger charge is 2.27. The average molecular weight is 297 g/mol. The first kappa shape index (κ1) is 13.0. The van der Waals surface area contributed by atoms with E-state index in [2.05, 4.69) is 47.7 Å². The Morgan fingerprint density at radius 2 is 1.90 bits per heavy atom. The molecule has 1 unspecified atom stereocenters. The molecule has 0 spiro atoms. The summed E-state index contributed by atoms with van der Waals surface area (Å²) in [5.41, 5.74) is 3.32. The number of hydrogen-bond donors (Lipinski definition) is 0. The molecule has 0 saturated carbocycles. The molecule has 1 aromatic heterocycles. The number of halogens is 1. The standard InChI is InChI=1S/C18H16FNS/c1-20-10-15(13-5-3-7-17(19)16(13)11-20)14-6-2-4-12-8-9-21-18(12)14/h2-9,15H,10-11H2,1H3. The summed E-state index contributed by atoms with van der Waals surface area (Å²) in [4.78, 5) is 2.21. The first-order chi connectivity index (χ1) is 10.2. The van der Waals surface area contributed by atoms with Gasteiger partial charge in [0.15, 0.2) is 0 Å². The maximum absolute atomic E-state index is 14.2. The van der Waals surface area contributed by atoms with Crippen LogP contribution in [0, 0.1) is 5.82 Å². The number of thiophene rings is 1. The zero-order valence-corrected chi connectivity index (χ0v) is 12.7. The van der Waals surface area contributed by atoms with E-state index < -0.39 is 0 Å². The summed E-state index contributed by atoms with van der Waals surface area (Å²) < 4.78 is 15.5. The van der Waals surface area contributed by atoms with Crippen molar-refractivity contribution in [2.75, 3.05) is 13.6 Å². The second-order valence-corrected chi connectivity index (χ2v) is 6.66. The average Bonchev–Trinajstić information content (AvgIpc) is 2.96. The van der Waals surface area contributed by atoms with Crippen LogP contribution in [0.4, 0.5) is 4.39 Å². The van der Waals surface area contributed by atoms with Gasteiger partial charge in [0, 0.05) is 29.3 Å². The lowest BCUT2D eigenvalue weighted by atomic mass is 9.84. The minimum absolute atomic E-state index is 0.0811. The van der Waals surface area contributed by atoms with Crippen molar-refractivity contribution in [1.29, 1.82) is 0 Å². The molecular formula is C18H16FNS. The lowest BCUT2D eigenvalue weighted by molar-refractivity contribution is 0.289. The van der Waals surface area contributed by atoms with E-state index in [0.717, 1.165) is 17.7 Å². The fourth-order valence-electron chi connectivity index (χ4n) is 3.37. The first-order valence-corrected chi connectivity index (χ1v) is 8.04. The third-order valence-corrected chi connectivity index (χ3v) is 5.32. The van der Waals surface area contributed by atoms with Crippen LogP contribution in [0.25, 0.3) is 10.1 Å². The van der Waals surface area contributed by atoms with E-state index >= 15 is 0 Å². The Morgan fingerprint density at radius 1 is 1.10 bits per heavy atom. The van der Waals surface area contributed by atoms with Gasteiger partial charge in [-0.3, -0.25) is 0 Å². The topological polar surface area (TPSA) is 3.24 Å². The molecule has 21 heavy (non-hydrogen) atoms. The summed E-state index contributed by atoms with van der Waals surface area (Å²) in [6.07, 6.45) is 0. The van der Waals surface area contributed by atoms with Gasteiger partial charge in [-0.05, 0) is 41.1 Å². The number of hydrogen-bond acceptors (Lipinski definition) is 2. The maximum atomic E-state index is 14.2. The van der Waals surface area contributed by atoms with Gasteiger partial charge in [0.2, 0.25) is 0 Å². The molecule has 0 fully saturated rings. The molecule has 2 heterocycles. The SMILES string of the molecule is CN1Cc2c(F)cccc2C(c2cccc3ccsc23)C1. The van der Waals surface area contributed by atoms with E-state index in [0.29, 0.717) is 6.54 Å². The lowest BCUT2D eigenvalue weighted by Gasteiger charge is -2.33. The molecule has 4 rings (SSSR count). The molecule has 106 valence electrons. The predicted molar refractivity (Wildman–Crippen MR) is 86.4 cm³/mol. The number of likely N-dealkylation sites (N-methyl/N-ethyl adjacent to an activating group) is 1. The van der Waals surface area contributed by atoms with Crippen molar-refractivity contribution < 1.29 is 4.39 Å². The van der Waals surface area contributed by atoms with Gasteiger partial charge in [-0.25, -0.2) is 4.39 Å². The van der Waals surface area contributed by atoms with Crippen molar-refractivity contribution in [2.45, 2.75) is 12.5 Å². The van der Waals surface area contributed by atoms with E-state index in [1.54, 1.807) is 17.4 Å². The van der Waals surface area contributed by atoms with Crippen LogP contribution in [0.15, 0.2) is 47.8 Å². The van der Waals surface area contributed by atoms with Crippen LogP contribution in [-0.4, -0.2) is 18.5 Å². The molecule has 0 radical (unpaired) electrons. The Bertz CT molecular complexity index is 808. The second kappa shape index (κ2) is 4.93. The van der Waals surface area contributed by atoms with E-state index in [9.17, 15) is 4.39 Å². The molecule has 3 aromatic rings. The highest BCUT2D eigenvalue weighted by atomic mass is 32.1. The van der Waals surface area contributed by atoms with Gasteiger partial charge in [0.25, 0.3) is 0 Å². The highest BCUT2D eigenvalue weighted by molar-refractivity contribution is 7.17. The van der Waals surface area contributed by atoms with E-state index in [-0.39, 0.29) is 11.7 Å². The summed E-state index contributed by atoms with van der Waals surface area (Å²) in [6.45, 7) is 1.63. The molecule has 3 heteroatoms. The quantitative estimate of drug-likeness (QED) is 0.633. The first-order valence-electron chi connectivity index (χ1n) is 7.16. The highest BCUT2D eigenvalue weighted by Crippen LogP contribution is 2.38. The Hall–Kier alpha value is -1.71. The molecule has 1 aliphatic rings. The molecule has 1 aliphatic heterocycles. The molecule has 1 nitrogen and oxygen atoms in total. The van der Waals surface area contributed by atoms with Crippen LogP contribution in [0.2, 0.25) is 0 Å². The van der Waals surface area contributed by atoms with Crippen molar-refractivity contribution in [3.05, 3.63) is 70.4 Å². The zero-order valence-electron chi connectivity index (χ0n) is 11.8. The summed E-state index contributed by atoms with van der Waals surface area (Å²) in [5.74, 6) is 0.166. The summed E-state index contributed by atoms with van der Waals surface area (Å²) >= 11 is 1.78. The zero-order chi connectivity index (χ0) is 14.4. The van der Waals surface area contributed by atoms with Crippen LogP contribution in [-0.2, 0) is 6.54 Å². The van der Waals surface area contributed by atoms with Crippen LogP contribution < -0.4 is 0 Å². The smallest absolute Gasteiger partial charge is 0.127 e. The predicted octanol–water partition coefficient (Wildman–Crippen LogP) is 4.62. The van der Waals surface area contributed by atoms with Crippen molar-refractivity contribution in [2.24, 2.45) is 0 Å². The summed E-state index contributed by atoms with van der Waals surface area (Å²) in [6, 6.07) is 14.1. The van der Waals surface area contributed by atoms with Gasteiger partial charge in [-0.2, -0.15) is 0 Å². The molecule has 0 aliphatic carbocycles. The van der Waals surface area contributed by atoms with Crippen molar-refractivity contribution in [1.82, 2.24) is 4.90 Å². The Balaban J connectivity index is 1.94. The van der Waals surface area contributed by atoms with Crippen LogP contribution in [0.5, 0.6) is 0 Å². The van der Waals surface area contributed by atoms with Gasteiger partial charge >= 0.3 is 0 Å². The van der Waals surface area contributed by atoms with Gasteiger partial charge in [-0.15, -0.1) is 11.3 Å². The normalized spacial score (nSPS) is 18.9. The van der Waals surface area contributed by atoms with E-state index in [1.807, 2.05) is 6.07 Å². The largest absolute Gasteiger partial charge is 0.301 e. The van der Waals surface area contributed by atoms with Crippen LogP contribution in [0.3, 0.4) is 0 Å².